The minimum absolute atomic E-state index is 0.0490. The molecule has 2 fully saturated rings. The Labute approximate surface area is 191 Å². The van der Waals surface area contributed by atoms with Crippen LogP contribution in [0.1, 0.15) is 65.7 Å². The van der Waals surface area contributed by atoms with Gasteiger partial charge in [-0.3, -0.25) is 4.79 Å². The highest BCUT2D eigenvalue weighted by Gasteiger charge is 2.33. The van der Waals surface area contributed by atoms with Gasteiger partial charge in [-0.15, -0.1) is 0 Å². The Morgan fingerprint density at radius 1 is 0.938 bits per heavy atom. The summed E-state index contributed by atoms with van der Waals surface area (Å²) in [5, 5.41) is 5.86. The predicted octanol–water partition coefficient (Wildman–Crippen LogP) is 3.92. The van der Waals surface area contributed by atoms with Crippen LogP contribution in [-0.2, 0) is 14.8 Å². The summed E-state index contributed by atoms with van der Waals surface area (Å²) in [5.74, 6) is 0.118. The summed E-state index contributed by atoms with van der Waals surface area (Å²) in [6.07, 6.45) is 6.41. The van der Waals surface area contributed by atoms with Gasteiger partial charge in [0, 0.05) is 36.4 Å². The van der Waals surface area contributed by atoms with Gasteiger partial charge in [0.1, 0.15) is 0 Å². The van der Waals surface area contributed by atoms with Gasteiger partial charge in [0.25, 0.3) is 0 Å². The highest BCUT2D eigenvalue weighted by molar-refractivity contribution is 7.90. The minimum Gasteiger partial charge on any atom is -0.326 e. The number of likely N-dealkylation sites (tertiary alicyclic amines) is 1. The second-order valence-electron chi connectivity index (χ2n) is 9.83. The minimum atomic E-state index is -3.41. The standard InChI is InChI=1S/C23H36N4O4S/c1-23(2,3)32(30,31)26-18-12-14-27(15-13-18)22(29)25-20-11-7-10-19(16-20)24-21(28)17-8-5-4-6-9-17/h7,10-11,16-18,26H,4-6,8-9,12-15H2,1-3H3,(H,24,28)(H,25,29). The first-order chi connectivity index (χ1) is 15.0. The molecule has 1 aromatic rings. The number of nitrogens with zero attached hydrogens (tertiary/aromatic N) is 1. The molecule has 1 aromatic carbocycles. The molecule has 1 aliphatic heterocycles. The van der Waals surface area contributed by atoms with Crippen molar-refractivity contribution in [1.29, 1.82) is 0 Å². The van der Waals surface area contributed by atoms with E-state index >= 15 is 0 Å². The van der Waals surface area contributed by atoms with Crippen molar-refractivity contribution in [3.05, 3.63) is 24.3 Å². The van der Waals surface area contributed by atoms with Crippen LogP contribution in [0, 0.1) is 5.92 Å². The number of carbonyl (C=O) groups is 2. The van der Waals surface area contributed by atoms with Crippen LogP contribution in [-0.4, -0.2) is 49.1 Å². The normalized spacial score (nSPS) is 18.9. The van der Waals surface area contributed by atoms with Crippen LogP contribution >= 0.6 is 0 Å². The zero-order valence-corrected chi connectivity index (χ0v) is 20.1. The molecule has 1 heterocycles. The monoisotopic (exact) mass is 464 g/mol. The SMILES string of the molecule is CC(C)(C)S(=O)(=O)NC1CCN(C(=O)Nc2cccc(NC(=O)C3CCCCC3)c2)CC1. The lowest BCUT2D eigenvalue weighted by atomic mass is 9.88. The van der Waals surface area contributed by atoms with Crippen LogP contribution in [0.2, 0.25) is 0 Å². The first-order valence-corrected chi connectivity index (χ1v) is 13.0. The molecule has 0 atom stereocenters. The van der Waals surface area contributed by atoms with Gasteiger partial charge in [-0.1, -0.05) is 25.3 Å². The van der Waals surface area contributed by atoms with E-state index in [1.807, 2.05) is 6.07 Å². The van der Waals surface area contributed by atoms with E-state index in [2.05, 4.69) is 15.4 Å². The third-order valence-electron chi connectivity index (χ3n) is 6.27. The zero-order valence-electron chi connectivity index (χ0n) is 19.3. The lowest BCUT2D eigenvalue weighted by Gasteiger charge is -2.33. The van der Waals surface area contributed by atoms with Crippen LogP contribution in [0.3, 0.4) is 0 Å². The summed E-state index contributed by atoms with van der Waals surface area (Å²) in [5.41, 5.74) is 1.29. The van der Waals surface area contributed by atoms with Crippen LogP contribution in [0.25, 0.3) is 0 Å². The number of hydrogen-bond donors (Lipinski definition) is 3. The first-order valence-electron chi connectivity index (χ1n) is 11.5. The Kier molecular flexibility index (Phi) is 7.82. The average molecular weight is 465 g/mol. The molecule has 0 unspecified atom stereocenters. The first kappa shape index (κ1) is 24.5. The number of rotatable bonds is 5. The topological polar surface area (TPSA) is 108 Å². The number of carbonyl (C=O) groups excluding carboxylic acids is 2. The van der Waals surface area contributed by atoms with E-state index in [0.29, 0.717) is 37.3 Å². The fourth-order valence-corrected chi connectivity index (χ4v) is 5.11. The van der Waals surface area contributed by atoms with E-state index in [-0.39, 0.29) is 23.9 Å². The molecule has 3 rings (SSSR count). The molecule has 3 amide bonds. The predicted molar refractivity (Wildman–Crippen MR) is 127 cm³/mol. The summed E-state index contributed by atoms with van der Waals surface area (Å²) in [6.45, 7) is 5.96. The third kappa shape index (κ3) is 6.45. The Balaban J connectivity index is 1.50. The van der Waals surface area contributed by atoms with Gasteiger partial charge in [-0.25, -0.2) is 17.9 Å². The van der Waals surface area contributed by atoms with Crippen LogP contribution < -0.4 is 15.4 Å². The van der Waals surface area contributed by atoms with Gasteiger partial charge in [0.05, 0.1) is 4.75 Å². The van der Waals surface area contributed by atoms with Crippen LogP contribution in [0.4, 0.5) is 16.2 Å². The molecular weight excluding hydrogens is 428 g/mol. The maximum atomic E-state index is 12.7. The Morgan fingerprint density at radius 2 is 1.53 bits per heavy atom. The van der Waals surface area contributed by atoms with E-state index in [0.717, 1.165) is 25.7 Å². The van der Waals surface area contributed by atoms with Crippen molar-refractivity contribution >= 4 is 33.3 Å². The smallest absolute Gasteiger partial charge is 0.321 e. The largest absolute Gasteiger partial charge is 0.326 e. The van der Waals surface area contributed by atoms with Crippen molar-refractivity contribution in [2.75, 3.05) is 23.7 Å². The highest BCUT2D eigenvalue weighted by Crippen LogP contribution is 2.26. The molecule has 178 valence electrons. The molecule has 8 nitrogen and oxygen atoms in total. The van der Waals surface area contributed by atoms with E-state index in [9.17, 15) is 18.0 Å². The second kappa shape index (κ2) is 10.2. The van der Waals surface area contributed by atoms with E-state index in [1.165, 1.54) is 6.42 Å². The molecule has 0 bridgehead atoms. The molecular formula is C23H36N4O4S. The summed E-state index contributed by atoms with van der Waals surface area (Å²) in [7, 11) is -3.41. The Morgan fingerprint density at radius 3 is 2.12 bits per heavy atom. The highest BCUT2D eigenvalue weighted by atomic mass is 32.2. The van der Waals surface area contributed by atoms with Gasteiger partial charge in [0.15, 0.2) is 0 Å². The number of piperidine rings is 1. The molecule has 1 aliphatic carbocycles. The van der Waals surface area contributed by atoms with E-state index < -0.39 is 14.8 Å². The quantitative estimate of drug-likeness (QED) is 0.614. The Bertz CT molecular complexity index is 912. The fourth-order valence-electron chi connectivity index (χ4n) is 4.08. The maximum Gasteiger partial charge on any atom is 0.321 e. The molecule has 0 spiro atoms. The average Bonchev–Trinajstić information content (AvgIpc) is 2.74. The van der Waals surface area contributed by atoms with Crippen molar-refractivity contribution in [1.82, 2.24) is 9.62 Å². The van der Waals surface area contributed by atoms with E-state index in [1.54, 1.807) is 43.9 Å². The van der Waals surface area contributed by atoms with Crippen molar-refractivity contribution in [3.63, 3.8) is 0 Å². The summed E-state index contributed by atoms with van der Waals surface area (Å²) < 4.78 is 26.6. The molecule has 1 saturated carbocycles. The number of nitrogens with one attached hydrogen (secondary N) is 3. The van der Waals surface area contributed by atoms with Crippen molar-refractivity contribution in [2.45, 2.75) is 76.5 Å². The zero-order chi connectivity index (χ0) is 23.4. The third-order valence-corrected chi connectivity index (χ3v) is 8.52. The van der Waals surface area contributed by atoms with Crippen molar-refractivity contribution < 1.29 is 18.0 Å². The summed E-state index contributed by atoms with van der Waals surface area (Å²) in [4.78, 5) is 26.9. The molecule has 1 saturated heterocycles. The van der Waals surface area contributed by atoms with Crippen LogP contribution in [0.15, 0.2) is 24.3 Å². The maximum absolute atomic E-state index is 12.7. The van der Waals surface area contributed by atoms with Gasteiger partial charge in [0.2, 0.25) is 15.9 Å². The second-order valence-corrected chi connectivity index (χ2v) is 12.3. The Hall–Kier alpha value is -2.13. The van der Waals surface area contributed by atoms with Gasteiger partial charge in [-0.2, -0.15) is 0 Å². The summed E-state index contributed by atoms with van der Waals surface area (Å²) >= 11 is 0. The molecule has 2 aliphatic rings. The molecule has 3 N–H and O–H groups in total. The number of hydrogen-bond acceptors (Lipinski definition) is 4. The van der Waals surface area contributed by atoms with Gasteiger partial charge >= 0.3 is 6.03 Å². The summed E-state index contributed by atoms with van der Waals surface area (Å²) in [6, 6.07) is 6.80. The molecule has 0 aromatic heterocycles. The number of benzene rings is 1. The number of amides is 3. The van der Waals surface area contributed by atoms with Crippen molar-refractivity contribution in [2.24, 2.45) is 5.92 Å². The number of anilines is 2. The fraction of sp³-hybridized carbons (Fsp3) is 0.652. The van der Waals surface area contributed by atoms with Crippen LogP contribution in [0.5, 0.6) is 0 Å². The number of sulfonamides is 1. The van der Waals surface area contributed by atoms with E-state index in [4.69, 9.17) is 0 Å². The van der Waals surface area contributed by atoms with Gasteiger partial charge in [-0.05, 0) is 64.7 Å². The molecule has 9 heteroatoms. The lowest BCUT2D eigenvalue weighted by molar-refractivity contribution is -0.120. The number of urea groups is 1. The molecule has 0 radical (unpaired) electrons. The molecule has 32 heavy (non-hydrogen) atoms. The lowest BCUT2D eigenvalue weighted by Crippen LogP contribution is -2.50. The van der Waals surface area contributed by atoms with Crippen molar-refractivity contribution in [3.8, 4) is 0 Å². The van der Waals surface area contributed by atoms with Gasteiger partial charge < -0.3 is 15.5 Å².